The van der Waals surface area contributed by atoms with E-state index in [1.165, 1.54) is 4.90 Å². The van der Waals surface area contributed by atoms with Crippen LogP contribution >= 0.6 is 11.6 Å². The second-order valence-corrected chi connectivity index (χ2v) is 8.46. The number of methoxy groups -OCH3 is 1. The van der Waals surface area contributed by atoms with Gasteiger partial charge in [0, 0.05) is 16.6 Å². The maximum atomic E-state index is 13.5. The van der Waals surface area contributed by atoms with Crippen molar-refractivity contribution in [2.45, 2.75) is 24.9 Å². The van der Waals surface area contributed by atoms with Crippen molar-refractivity contribution in [1.29, 1.82) is 0 Å². The molecule has 6 nitrogen and oxygen atoms in total. The highest BCUT2D eigenvalue weighted by Crippen LogP contribution is 2.48. The van der Waals surface area contributed by atoms with Crippen molar-refractivity contribution < 1.29 is 19.1 Å². The third kappa shape index (κ3) is 2.78. The molecular formula is C23H21ClN2O4. The molecule has 30 heavy (non-hydrogen) atoms. The fourth-order valence-corrected chi connectivity index (χ4v) is 5.41. The summed E-state index contributed by atoms with van der Waals surface area (Å²) in [6, 6.07) is 12.9. The summed E-state index contributed by atoms with van der Waals surface area (Å²) in [5, 5.41) is 0.549. The Labute approximate surface area is 179 Å². The van der Waals surface area contributed by atoms with Crippen LogP contribution in [0.1, 0.15) is 23.2 Å². The number of halogens is 1. The van der Waals surface area contributed by atoms with E-state index < -0.39 is 17.9 Å². The summed E-state index contributed by atoms with van der Waals surface area (Å²) in [7, 11) is 1.56. The number of benzene rings is 2. The Morgan fingerprint density at radius 3 is 2.33 bits per heavy atom. The summed E-state index contributed by atoms with van der Waals surface area (Å²) in [5.74, 6) is -1.12. The van der Waals surface area contributed by atoms with Crippen molar-refractivity contribution in [1.82, 2.24) is 4.90 Å². The van der Waals surface area contributed by atoms with Gasteiger partial charge in [0.1, 0.15) is 5.75 Å². The molecule has 0 radical (unpaired) electrons. The molecule has 3 heterocycles. The van der Waals surface area contributed by atoms with E-state index in [0.717, 1.165) is 19.4 Å². The van der Waals surface area contributed by atoms with E-state index in [4.69, 9.17) is 16.3 Å². The van der Waals surface area contributed by atoms with Crippen LogP contribution in [0.5, 0.6) is 5.75 Å². The fourth-order valence-electron chi connectivity index (χ4n) is 5.29. The van der Waals surface area contributed by atoms with E-state index in [1.807, 2.05) is 0 Å². The topological polar surface area (TPSA) is 66.9 Å². The van der Waals surface area contributed by atoms with Gasteiger partial charge in [0.25, 0.3) is 0 Å². The summed E-state index contributed by atoms with van der Waals surface area (Å²) in [6.07, 6.45) is 1.74. The molecule has 3 fully saturated rings. The molecule has 0 N–H and O–H groups in total. The summed E-state index contributed by atoms with van der Waals surface area (Å²) in [5.41, 5.74) is 1.03. The van der Waals surface area contributed by atoms with E-state index in [0.29, 0.717) is 22.0 Å². The molecule has 3 aliphatic heterocycles. The predicted octanol–water partition coefficient (Wildman–Crippen LogP) is 3.18. The standard InChI is InChI=1S/C23H21ClN2O4/c1-30-16-10-8-15(9-11-16)26-22(28)18-17-3-2-12-25(17)20(19(18)23(26)29)21(27)13-4-6-14(24)7-5-13/h4-11,17-20H,2-3,12H2,1H3/t17-,18-,19+,20-/m0/s1. The molecule has 2 amide bonds. The molecule has 3 aliphatic rings. The van der Waals surface area contributed by atoms with Crippen LogP contribution in [0.4, 0.5) is 5.69 Å². The Balaban J connectivity index is 1.52. The molecule has 3 saturated heterocycles. The van der Waals surface area contributed by atoms with Crippen molar-refractivity contribution in [3.8, 4) is 5.75 Å². The number of imide groups is 1. The summed E-state index contributed by atoms with van der Waals surface area (Å²) < 4.78 is 5.17. The van der Waals surface area contributed by atoms with Gasteiger partial charge in [-0.1, -0.05) is 11.6 Å². The summed E-state index contributed by atoms with van der Waals surface area (Å²) in [6.45, 7) is 0.727. The zero-order valence-corrected chi connectivity index (χ0v) is 17.2. The normalized spacial score (nSPS) is 28.0. The third-order valence-electron chi connectivity index (χ3n) is 6.58. The quantitative estimate of drug-likeness (QED) is 0.557. The van der Waals surface area contributed by atoms with Crippen molar-refractivity contribution in [3.05, 3.63) is 59.1 Å². The molecule has 0 unspecified atom stereocenters. The van der Waals surface area contributed by atoms with Gasteiger partial charge in [0.15, 0.2) is 5.78 Å². The Hall–Kier alpha value is -2.70. The average Bonchev–Trinajstić information content (AvgIpc) is 3.40. The second kappa shape index (κ2) is 7.22. The zero-order valence-electron chi connectivity index (χ0n) is 16.5. The largest absolute Gasteiger partial charge is 0.497 e. The number of carbonyl (C=O) groups excluding carboxylic acids is 3. The zero-order chi connectivity index (χ0) is 21.0. The van der Waals surface area contributed by atoms with Gasteiger partial charge in [0.2, 0.25) is 11.8 Å². The number of fused-ring (bicyclic) bond motifs is 3. The lowest BCUT2D eigenvalue weighted by Gasteiger charge is -2.27. The molecule has 2 aromatic rings. The minimum absolute atomic E-state index is 0.0732. The Morgan fingerprint density at radius 2 is 1.67 bits per heavy atom. The van der Waals surface area contributed by atoms with E-state index >= 15 is 0 Å². The van der Waals surface area contributed by atoms with Crippen LogP contribution < -0.4 is 9.64 Å². The smallest absolute Gasteiger partial charge is 0.239 e. The number of nitrogens with zero attached hydrogens (tertiary/aromatic N) is 2. The molecule has 0 spiro atoms. The molecule has 0 aliphatic carbocycles. The van der Waals surface area contributed by atoms with Crippen LogP contribution in [0.2, 0.25) is 5.02 Å². The van der Waals surface area contributed by atoms with E-state index in [1.54, 1.807) is 55.6 Å². The number of ketones is 1. The van der Waals surface area contributed by atoms with Crippen molar-refractivity contribution in [2.75, 3.05) is 18.6 Å². The second-order valence-electron chi connectivity index (χ2n) is 8.02. The first-order chi connectivity index (χ1) is 14.5. The summed E-state index contributed by atoms with van der Waals surface area (Å²) in [4.78, 5) is 43.6. The van der Waals surface area contributed by atoms with Gasteiger partial charge >= 0.3 is 0 Å². The first kappa shape index (κ1) is 19.3. The maximum Gasteiger partial charge on any atom is 0.239 e. The Kier molecular flexibility index (Phi) is 4.64. The number of amides is 2. The molecule has 4 atom stereocenters. The van der Waals surface area contributed by atoms with Crippen LogP contribution in [-0.4, -0.2) is 48.2 Å². The van der Waals surface area contributed by atoms with Gasteiger partial charge in [-0.05, 0) is 67.9 Å². The van der Waals surface area contributed by atoms with Crippen molar-refractivity contribution in [3.63, 3.8) is 0 Å². The number of hydrogen-bond acceptors (Lipinski definition) is 5. The van der Waals surface area contributed by atoms with Crippen molar-refractivity contribution >= 4 is 34.9 Å². The van der Waals surface area contributed by atoms with E-state index in [9.17, 15) is 14.4 Å². The molecule has 7 heteroatoms. The number of hydrogen-bond donors (Lipinski definition) is 0. The van der Waals surface area contributed by atoms with Gasteiger partial charge in [-0.25, -0.2) is 4.90 Å². The summed E-state index contributed by atoms with van der Waals surface area (Å²) >= 11 is 5.97. The number of rotatable bonds is 4. The molecular weight excluding hydrogens is 404 g/mol. The Morgan fingerprint density at radius 1 is 1.00 bits per heavy atom. The monoisotopic (exact) mass is 424 g/mol. The van der Waals surface area contributed by atoms with Gasteiger partial charge in [-0.3, -0.25) is 19.3 Å². The number of ether oxygens (including phenoxy) is 1. The number of Topliss-reactive ketones (excluding diaryl/α,β-unsaturated/α-hetero) is 1. The van der Waals surface area contributed by atoms with Gasteiger partial charge in [-0.15, -0.1) is 0 Å². The van der Waals surface area contributed by atoms with E-state index in [2.05, 4.69) is 4.90 Å². The highest BCUT2D eigenvalue weighted by atomic mass is 35.5. The van der Waals surface area contributed by atoms with Gasteiger partial charge < -0.3 is 4.74 Å². The van der Waals surface area contributed by atoms with Crippen LogP contribution in [0.3, 0.4) is 0 Å². The lowest BCUT2D eigenvalue weighted by Crippen LogP contribution is -2.46. The fraction of sp³-hybridized carbons (Fsp3) is 0.348. The van der Waals surface area contributed by atoms with Crippen molar-refractivity contribution in [2.24, 2.45) is 11.8 Å². The molecule has 0 saturated carbocycles. The van der Waals surface area contributed by atoms with Gasteiger partial charge in [0.05, 0.1) is 30.7 Å². The minimum atomic E-state index is -0.659. The number of carbonyl (C=O) groups is 3. The molecule has 154 valence electrons. The molecule has 0 bridgehead atoms. The minimum Gasteiger partial charge on any atom is -0.497 e. The maximum absolute atomic E-state index is 13.5. The first-order valence-corrected chi connectivity index (χ1v) is 10.5. The first-order valence-electron chi connectivity index (χ1n) is 10.1. The lowest BCUT2D eigenvalue weighted by atomic mass is 9.85. The average molecular weight is 425 g/mol. The van der Waals surface area contributed by atoms with Crippen LogP contribution in [0.25, 0.3) is 0 Å². The molecule has 2 aromatic carbocycles. The third-order valence-corrected chi connectivity index (χ3v) is 6.83. The SMILES string of the molecule is COc1ccc(N2C(=O)[C@@H]3[C@@H](C2=O)[C@@H]2CCCN2[C@@H]3C(=O)c2ccc(Cl)cc2)cc1. The lowest BCUT2D eigenvalue weighted by molar-refractivity contribution is -0.123. The molecule has 5 rings (SSSR count). The van der Waals surface area contributed by atoms with E-state index in [-0.39, 0.29) is 23.6 Å². The van der Waals surface area contributed by atoms with Crippen LogP contribution in [-0.2, 0) is 9.59 Å². The van der Waals surface area contributed by atoms with Crippen LogP contribution in [0.15, 0.2) is 48.5 Å². The van der Waals surface area contributed by atoms with Gasteiger partial charge in [-0.2, -0.15) is 0 Å². The number of anilines is 1. The highest BCUT2D eigenvalue weighted by Gasteiger charge is 2.64. The highest BCUT2D eigenvalue weighted by molar-refractivity contribution is 6.30. The Bertz CT molecular complexity index is 1020. The predicted molar refractivity (Wildman–Crippen MR) is 112 cm³/mol. The molecule has 0 aromatic heterocycles. The van der Waals surface area contributed by atoms with Crippen LogP contribution in [0, 0.1) is 11.8 Å².